The van der Waals surface area contributed by atoms with E-state index in [0.29, 0.717) is 11.9 Å². The molecule has 0 bridgehead atoms. The summed E-state index contributed by atoms with van der Waals surface area (Å²) < 4.78 is 0. The van der Waals surface area contributed by atoms with E-state index in [1.165, 1.54) is 0 Å². The Kier molecular flexibility index (Phi) is 6.25. The Morgan fingerprint density at radius 1 is 1.32 bits per heavy atom. The lowest BCUT2D eigenvalue weighted by atomic mass is 10.1. The molecule has 0 saturated carbocycles. The predicted molar refractivity (Wildman–Crippen MR) is 75.5 cm³/mol. The molecule has 1 heterocycles. The van der Waals surface area contributed by atoms with Gasteiger partial charge in [0.2, 0.25) is 5.95 Å². The van der Waals surface area contributed by atoms with Gasteiger partial charge in [0.15, 0.2) is 0 Å². The molecule has 2 N–H and O–H groups in total. The molecule has 0 aliphatic heterocycles. The van der Waals surface area contributed by atoms with Crippen LogP contribution in [0.4, 0.5) is 5.95 Å². The molecule has 0 unspecified atom stereocenters. The van der Waals surface area contributed by atoms with Gasteiger partial charge in [-0.15, -0.1) is 0 Å². The van der Waals surface area contributed by atoms with Crippen molar-refractivity contribution in [1.82, 2.24) is 9.97 Å². The molecule has 1 rings (SSSR count). The molecular formula is C14H23N3O2. The van der Waals surface area contributed by atoms with Gasteiger partial charge in [-0.05, 0) is 31.7 Å². The first-order valence-corrected chi connectivity index (χ1v) is 6.80. The number of aliphatic carboxylic acids is 1. The smallest absolute Gasteiger partial charge is 0.303 e. The van der Waals surface area contributed by atoms with Gasteiger partial charge in [0, 0.05) is 24.4 Å². The van der Waals surface area contributed by atoms with E-state index in [4.69, 9.17) is 5.11 Å². The van der Waals surface area contributed by atoms with Crippen molar-refractivity contribution >= 4 is 11.9 Å². The topological polar surface area (TPSA) is 75.1 Å². The molecule has 0 aromatic carbocycles. The van der Waals surface area contributed by atoms with Gasteiger partial charge in [-0.2, -0.15) is 0 Å². The maximum atomic E-state index is 10.4. The summed E-state index contributed by atoms with van der Waals surface area (Å²) in [5.74, 6) is 0.330. The van der Waals surface area contributed by atoms with Crippen LogP contribution in [0, 0.1) is 6.92 Å². The monoisotopic (exact) mass is 265 g/mol. The number of anilines is 1. The second kappa shape index (κ2) is 7.71. The van der Waals surface area contributed by atoms with Crippen LogP contribution in [-0.2, 0) is 4.79 Å². The van der Waals surface area contributed by atoms with Crippen LogP contribution in [0.5, 0.6) is 0 Å². The summed E-state index contributed by atoms with van der Waals surface area (Å²) in [6.45, 7) is 6.96. The molecule has 106 valence electrons. The van der Waals surface area contributed by atoms with Crippen molar-refractivity contribution in [3.8, 4) is 0 Å². The molecule has 0 radical (unpaired) electrons. The van der Waals surface area contributed by atoms with Crippen LogP contribution in [0.15, 0.2) is 6.07 Å². The maximum absolute atomic E-state index is 10.4. The minimum absolute atomic E-state index is 0.248. The zero-order chi connectivity index (χ0) is 14.3. The zero-order valence-electron chi connectivity index (χ0n) is 11.9. The fourth-order valence-electron chi connectivity index (χ4n) is 1.75. The third-order valence-electron chi connectivity index (χ3n) is 2.82. The second-order valence-electron chi connectivity index (χ2n) is 5.04. The fourth-order valence-corrected chi connectivity index (χ4v) is 1.75. The van der Waals surface area contributed by atoms with Gasteiger partial charge < -0.3 is 10.4 Å². The lowest BCUT2D eigenvalue weighted by molar-refractivity contribution is -0.137. The third kappa shape index (κ3) is 6.18. The summed E-state index contributed by atoms with van der Waals surface area (Å²) in [6.07, 6.45) is 2.81. The number of nitrogens with zero attached hydrogens (tertiary/aromatic N) is 2. The van der Waals surface area contributed by atoms with E-state index < -0.39 is 5.97 Å². The van der Waals surface area contributed by atoms with E-state index in [9.17, 15) is 4.79 Å². The Balaban J connectivity index is 2.35. The number of carboxylic acid groups (broad SMARTS) is 1. The van der Waals surface area contributed by atoms with Crippen LogP contribution >= 0.6 is 0 Å². The maximum Gasteiger partial charge on any atom is 0.303 e. The number of unbranched alkanes of at least 4 members (excludes halogenated alkanes) is 2. The van der Waals surface area contributed by atoms with Crippen molar-refractivity contribution in [3.05, 3.63) is 17.5 Å². The van der Waals surface area contributed by atoms with E-state index >= 15 is 0 Å². The molecule has 0 atom stereocenters. The number of nitrogens with one attached hydrogen (secondary N) is 1. The minimum Gasteiger partial charge on any atom is -0.481 e. The van der Waals surface area contributed by atoms with E-state index in [1.807, 2.05) is 13.0 Å². The molecule has 19 heavy (non-hydrogen) atoms. The average molecular weight is 265 g/mol. The van der Waals surface area contributed by atoms with Gasteiger partial charge in [-0.3, -0.25) is 4.79 Å². The van der Waals surface area contributed by atoms with Crippen LogP contribution in [0.25, 0.3) is 0 Å². The number of hydrogen-bond donors (Lipinski definition) is 2. The van der Waals surface area contributed by atoms with Crippen LogP contribution in [0.2, 0.25) is 0 Å². The highest BCUT2D eigenvalue weighted by Crippen LogP contribution is 2.14. The Labute approximate surface area is 114 Å². The number of rotatable bonds is 8. The molecule has 0 amide bonds. The summed E-state index contributed by atoms with van der Waals surface area (Å²) >= 11 is 0. The molecule has 5 heteroatoms. The first-order chi connectivity index (χ1) is 8.99. The van der Waals surface area contributed by atoms with Crippen molar-refractivity contribution < 1.29 is 9.90 Å². The molecule has 0 aliphatic rings. The number of carboxylic acids is 1. The summed E-state index contributed by atoms with van der Waals surface area (Å²) in [4.78, 5) is 19.2. The third-order valence-corrected chi connectivity index (χ3v) is 2.82. The predicted octanol–water partition coefficient (Wildman–Crippen LogP) is 2.97. The number of aromatic nitrogens is 2. The number of carbonyl (C=O) groups is 1. The minimum atomic E-state index is -0.725. The highest BCUT2D eigenvalue weighted by Gasteiger charge is 2.05. The SMILES string of the molecule is Cc1cc(C(C)C)nc(NCCCCCC(=O)O)n1. The molecule has 0 spiro atoms. The van der Waals surface area contributed by atoms with Crippen LogP contribution in [0.1, 0.15) is 56.8 Å². The zero-order valence-corrected chi connectivity index (χ0v) is 11.9. The van der Waals surface area contributed by atoms with E-state index in [2.05, 4.69) is 29.1 Å². The Morgan fingerprint density at radius 2 is 2.05 bits per heavy atom. The molecular weight excluding hydrogens is 242 g/mol. The lowest BCUT2D eigenvalue weighted by Gasteiger charge is -2.09. The first kappa shape index (κ1) is 15.4. The van der Waals surface area contributed by atoms with Gasteiger partial charge in [0.05, 0.1) is 0 Å². The van der Waals surface area contributed by atoms with Gasteiger partial charge >= 0.3 is 5.97 Å². The molecule has 0 aliphatic carbocycles. The molecule has 1 aromatic rings. The van der Waals surface area contributed by atoms with Gasteiger partial charge in [0.25, 0.3) is 0 Å². The Hall–Kier alpha value is -1.65. The summed E-state index contributed by atoms with van der Waals surface area (Å²) in [7, 11) is 0. The summed E-state index contributed by atoms with van der Waals surface area (Å²) in [6, 6.07) is 2.00. The Bertz CT molecular complexity index is 419. The largest absolute Gasteiger partial charge is 0.481 e. The van der Waals surface area contributed by atoms with Crippen molar-refractivity contribution in [3.63, 3.8) is 0 Å². The normalized spacial score (nSPS) is 10.7. The Morgan fingerprint density at radius 3 is 2.68 bits per heavy atom. The fraction of sp³-hybridized carbons (Fsp3) is 0.643. The van der Waals surface area contributed by atoms with Crippen LogP contribution in [0.3, 0.4) is 0 Å². The van der Waals surface area contributed by atoms with E-state index in [-0.39, 0.29) is 6.42 Å². The molecule has 1 aromatic heterocycles. The van der Waals surface area contributed by atoms with E-state index in [0.717, 1.165) is 37.2 Å². The van der Waals surface area contributed by atoms with Crippen molar-refractivity contribution in [1.29, 1.82) is 0 Å². The highest BCUT2D eigenvalue weighted by molar-refractivity contribution is 5.66. The van der Waals surface area contributed by atoms with Gasteiger partial charge in [-0.25, -0.2) is 9.97 Å². The van der Waals surface area contributed by atoms with E-state index in [1.54, 1.807) is 0 Å². The number of hydrogen-bond acceptors (Lipinski definition) is 4. The summed E-state index contributed by atoms with van der Waals surface area (Å²) in [5, 5.41) is 11.7. The highest BCUT2D eigenvalue weighted by atomic mass is 16.4. The van der Waals surface area contributed by atoms with Crippen LogP contribution in [-0.4, -0.2) is 27.6 Å². The summed E-state index contributed by atoms with van der Waals surface area (Å²) in [5.41, 5.74) is 2.01. The second-order valence-corrected chi connectivity index (χ2v) is 5.04. The van der Waals surface area contributed by atoms with Gasteiger partial charge in [-0.1, -0.05) is 20.3 Å². The lowest BCUT2D eigenvalue weighted by Crippen LogP contribution is -2.08. The first-order valence-electron chi connectivity index (χ1n) is 6.80. The molecule has 5 nitrogen and oxygen atoms in total. The van der Waals surface area contributed by atoms with Crippen molar-refractivity contribution in [2.75, 3.05) is 11.9 Å². The van der Waals surface area contributed by atoms with Gasteiger partial charge in [0.1, 0.15) is 0 Å². The number of aryl methyl sites for hydroxylation is 1. The van der Waals surface area contributed by atoms with Crippen molar-refractivity contribution in [2.45, 2.75) is 52.4 Å². The molecule has 0 fully saturated rings. The quantitative estimate of drug-likeness (QED) is 0.707. The molecule has 0 saturated heterocycles. The van der Waals surface area contributed by atoms with Crippen LogP contribution < -0.4 is 5.32 Å². The van der Waals surface area contributed by atoms with Crippen molar-refractivity contribution in [2.24, 2.45) is 0 Å². The standard InChI is InChI=1S/C14H23N3O2/c1-10(2)12-9-11(3)16-14(17-12)15-8-6-4-5-7-13(18)19/h9-10H,4-8H2,1-3H3,(H,18,19)(H,15,16,17). The average Bonchev–Trinajstić information content (AvgIpc) is 2.32.